The molecule has 0 N–H and O–H groups in total. The quantitative estimate of drug-likeness (QED) is 0.178. The van der Waals surface area contributed by atoms with Crippen LogP contribution in [0.2, 0.25) is 0 Å². The Morgan fingerprint density at radius 1 is 0.333 bits per heavy atom. The zero-order valence-electron chi connectivity index (χ0n) is 18.6. The van der Waals surface area contributed by atoms with Crippen LogP contribution in [0.1, 0.15) is 0 Å². The first-order valence-corrected chi connectivity index (χ1v) is 12.5. The number of rotatable bonds is 0. The lowest BCUT2D eigenvalue weighted by molar-refractivity contribution is 1.14. The molecule has 0 aliphatic carbocycles. The standard InChI is InChI=1S/C30H12N6/c1-4-19-31-11-8-14-17-3-6-21-33-12-9-15-18-2-5-20-32-10-7-13-16(1)34(19)28-22(25(13)32)29(35(18)20)24(27(15)33)30(36(17)21)23(28)26(14)31/h1-12H. The predicted molar refractivity (Wildman–Crippen MR) is 144 cm³/mol. The highest BCUT2D eigenvalue weighted by molar-refractivity contribution is 6.41. The highest BCUT2D eigenvalue weighted by Gasteiger charge is 2.32. The Bertz CT molecular complexity index is 2310. The van der Waals surface area contributed by atoms with Gasteiger partial charge in [-0.3, -0.25) is 13.2 Å². The summed E-state index contributed by atoms with van der Waals surface area (Å²) in [5.41, 5.74) is 15.6. The molecular formula is C30H12N6. The lowest BCUT2D eigenvalue weighted by atomic mass is 9.97. The molecule has 0 spiro atoms. The average Bonchev–Trinajstić information content (AvgIpc) is 3.70. The molecule has 0 aliphatic rings. The monoisotopic (exact) mass is 456 g/mol. The van der Waals surface area contributed by atoms with Crippen molar-refractivity contribution in [3.05, 3.63) is 73.2 Å². The van der Waals surface area contributed by atoms with E-state index in [0.717, 1.165) is 0 Å². The molecule has 162 valence electrons. The van der Waals surface area contributed by atoms with Crippen molar-refractivity contribution in [2.24, 2.45) is 0 Å². The fourth-order valence-electron chi connectivity index (χ4n) is 8.49. The number of hydrogen-bond acceptors (Lipinski definition) is 0. The van der Waals surface area contributed by atoms with Crippen molar-refractivity contribution in [2.45, 2.75) is 0 Å². The van der Waals surface area contributed by atoms with Crippen LogP contribution in [-0.2, 0) is 0 Å². The Balaban J connectivity index is 1.68. The van der Waals surface area contributed by atoms with Gasteiger partial charge in [0.15, 0.2) is 0 Å². The fraction of sp³-hybridized carbons (Fsp3) is 0. The van der Waals surface area contributed by atoms with E-state index in [4.69, 9.17) is 0 Å². The molecule has 0 radical (unpaired) electrons. The van der Waals surface area contributed by atoms with Gasteiger partial charge < -0.3 is 13.2 Å². The SMILES string of the molecule is c1cn2c3c1c1ccc4n5ccc6c5c5c(c3c3c7c8c(ccn8c8ccc6n8c57)c5ccc2n53)n14. The number of hydrogen-bond donors (Lipinski definition) is 0. The van der Waals surface area contributed by atoms with Crippen molar-refractivity contribution in [1.82, 2.24) is 26.4 Å². The molecule has 13 rings (SSSR count). The molecule has 12 aromatic heterocycles. The van der Waals surface area contributed by atoms with Gasteiger partial charge in [-0.25, -0.2) is 0 Å². The smallest absolute Gasteiger partial charge is 0.122 e. The summed E-state index contributed by atoms with van der Waals surface area (Å²) in [6.07, 6.45) is 6.79. The zero-order valence-corrected chi connectivity index (χ0v) is 18.6. The summed E-state index contributed by atoms with van der Waals surface area (Å²) in [6.45, 7) is 0. The van der Waals surface area contributed by atoms with E-state index in [1.54, 1.807) is 0 Å². The number of benzene rings is 1. The second kappa shape index (κ2) is 4.01. The van der Waals surface area contributed by atoms with Crippen molar-refractivity contribution in [1.29, 1.82) is 0 Å². The van der Waals surface area contributed by atoms with E-state index < -0.39 is 0 Å². The second-order valence-corrected chi connectivity index (χ2v) is 10.8. The third-order valence-corrected chi connectivity index (χ3v) is 9.61. The molecule has 13 aromatic rings. The molecule has 0 fully saturated rings. The van der Waals surface area contributed by atoms with Crippen LogP contribution in [0.4, 0.5) is 0 Å². The van der Waals surface area contributed by atoms with E-state index in [2.05, 4.69) is 99.6 Å². The fourth-order valence-corrected chi connectivity index (χ4v) is 8.49. The molecule has 0 saturated heterocycles. The van der Waals surface area contributed by atoms with Gasteiger partial charge in [-0.05, 0) is 54.6 Å². The predicted octanol–water partition coefficient (Wildman–Crippen LogP) is 6.75. The Morgan fingerprint density at radius 3 is 1.00 bits per heavy atom. The van der Waals surface area contributed by atoms with Crippen LogP contribution in [0.3, 0.4) is 0 Å². The molecule has 1 aromatic carbocycles. The molecule has 36 heavy (non-hydrogen) atoms. The van der Waals surface area contributed by atoms with Crippen molar-refractivity contribution >= 4 is 98.9 Å². The van der Waals surface area contributed by atoms with Crippen molar-refractivity contribution < 1.29 is 0 Å². The van der Waals surface area contributed by atoms with E-state index in [1.165, 1.54) is 98.9 Å². The van der Waals surface area contributed by atoms with Crippen LogP contribution < -0.4 is 0 Å². The molecular weight excluding hydrogens is 444 g/mol. The molecule has 12 heterocycles. The van der Waals surface area contributed by atoms with Gasteiger partial charge in [-0.1, -0.05) is 0 Å². The van der Waals surface area contributed by atoms with Gasteiger partial charge in [0.05, 0.1) is 49.7 Å². The Hall–Kier alpha value is -5.10. The first kappa shape index (κ1) is 15.0. The molecule has 0 atom stereocenters. The lowest BCUT2D eigenvalue weighted by Crippen LogP contribution is -2.09. The van der Waals surface area contributed by atoms with E-state index >= 15 is 0 Å². The minimum atomic E-state index is 1.23. The van der Waals surface area contributed by atoms with Crippen LogP contribution >= 0.6 is 0 Å². The summed E-state index contributed by atoms with van der Waals surface area (Å²) in [7, 11) is 0. The summed E-state index contributed by atoms with van der Waals surface area (Å²) in [5, 5.41) is 8.06. The van der Waals surface area contributed by atoms with Gasteiger partial charge in [0, 0.05) is 50.9 Å². The first-order chi connectivity index (χ1) is 17.9. The maximum Gasteiger partial charge on any atom is 0.122 e. The third kappa shape index (κ3) is 1.07. The topological polar surface area (TPSA) is 26.5 Å². The third-order valence-electron chi connectivity index (χ3n) is 9.61. The summed E-state index contributed by atoms with van der Waals surface area (Å²) in [4.78, 5) is 0. The highest BCUT2D eigenvalue weighted by atomic mass is 15.1. The van der Waals surface area contributed by atoms with Gasteiger partial charge in [-0.15, -0.1) is 0 Å². The van der Waals surface area contributed by atoms with E-state index in [1.807, 2.05) is 0 Å². The minimum absolute atomic E-state index is 1.23. The highest BCUT2D eigenvalue weighted by Crippen LogP contribution is 2.51. The first-order valence-electron chi connectivity index (χ1n) is 12.5. The van der Waals surface area contributed by atoms with Gasteiger partial charge in [0.25, 0.3) is 0 Å². The Kier molecular flexibility index (Phi) is 1.67. The molecule has 0 aliphatic heterocycles. The van der Waals surface area contributed by atoms with Crippen LogP contribution in [0.25, 0.3) is 98.9 Å². The Morgan fingerprint density at radius 2 is 0.667 bits per heavy atom. The van der Waals surface area contributed by atoms with E-state index in [0.29, 0.717) is 0 Å². The zero-order chi connectivity index (χ0) is 22.3. The minimum Gasteiger partial charge on any atom is -0.301 e. The number of pyridine rings is 3. The largest absolute Gasteiger partial charge is 0.301 e. The van der Waals surface area contributed by atoms with E-state index in [-0.39, 0.29) is 0 Å². The van der Waals surface area contributed by atoms with Gasteiger partial charge >= 0.3 is 0 Å². The lowest BCUT2D eigenvalue weighted by Gasteiger charge is -2.25. The van der Waals surface area contributed by atoms with Crippen LogP contribution in [0.5, 0.6) is 0 Å². The van der Waals surface area contributed by atoms with E-state index in [9.17, 15) is 0 Å². The van der Waals surface area contributed by atoms with Crippen LogP contribution in [0, 0.1) is 0 Å². The van der Waals surface area contributed by atoms with Crippen molar-refractivity contribution in [3.63, 3.8) is 0 Å². The average molecular weight is 456 g/mol. The second-order valence-electron chi connectivity index (χ2n) is 10.8. The normalized spacial score (nSPS) is 14.7. The molecule has 6 nitrogen and oxygen atoms in total. The summed E-state index contributed by atoms with van der Waals surface area (Å²) in [6, 6.07) is 20.7. The van der Waals surface area contributed by atoms with Crippen molar-refractivity contribution in [3.8, 4) is 0 Å². The Labute approximate surface area is 198 Å². The molecule has 0 saturated carbocycles. The molecule has 0 bridgehead atoms. The summed E-state index contributed by atoms with van der Waals surface area (Å²) < 4.78 is 14.8. The van der Waals surface area contributed by atoms with Crippen LogP contribution in [0.15, 0.2) is 73.2 Å². The number of fused-ring (bicyclic) bond motifs is 6. The maximum absolute atomic E-state index is 2.52. The molecule has 0 unspecified atom stereocenters. The maximum atomic E-state index is 2.52. The number of nitrogens with zero attached hydrogens (tertiary/aromatic N) is 6. The van der Waals surface area contributed by atoms with Crippen molar-refractivity contribution in [2.75, 3.05) is 0 Å². The van der Waals surface area contributed by atoms with Gasteiger partial charge in [0.2, 0.25) is 0 Å². The summed E-state index contributed by atoms with van der Waals surface area (Å²) >= 11 is 0. The van der Waals surface area contributed by atoms with Gasteiger partial charge in [-0.2, -0.15) is 0 Å². The summed E-state index contributed by atoms with van der Waals surface area (Å²) in [5.74, 6) is 0. The van der Waals surface area contributed by atoms with Crippen LogP contribution in [-0.4, -0.2) is 26.4 Å². The molecule has 6 heteroatoms. The number of aromatic nitrogens is 6. The molecule has 0 amide bonds. The van der Waals surface area contributed by atoms with Gasteiger partial charge in [0.1, 0.15) is 16.9 Å².